The van der Waals surface area contributed by atoms with Gasteiger partial charge in [-0.05, 0) is 0 Å². The number of ether oxygens (including phenoxy) is 3. The molecule has 0 saturated carbocycles. The van der Waals surface area contributed by atoms with Gasteiger partial charge in [0, 0.05) is 0 Å². The summed E-state index contributed by atoms with van der Waals surface area (Å²) in [5, 5.41) is 2.06. The summed E-state index contributed by atoms with van der Waals surface area (Å²) in [6.07, 6.45) is 1.77. The Morgan fingerprint density at radius 1 is 1.00 bits per heavy atom. The van der Waals surface area contributed by atoms with Gasteiger partial charge in [-0.3, -0.25) is 0 Å². The normalized spacial score (nSPS) is 11.0. The van der Waals surface area contributed by atoms with Gasteiger partial charge in [-0.25, -0.2) is 0 Å². The number of Topliss-reactive ketones (excluding diaryl/α,β-unsaturated/α-hetero) is 1. The number of hydrogen-bond acceptors (Lipinski definition) is 6. The summed E-state index contributed by atoms with van der Waals surface area (Å²) >= 11 is 0.166. The third-order valence-corrected chi connectivity index (χ3v) is 7.52. The SMILES string of the molecule is CC.CC.CC.CC(=O)C(CCC=O)c1cc2ccc(COC=O)cc2bc1C.C[I-]c1ccc2c(c1)OCO2. The van der Waals surface area contributed by atoms with Gasteiger partial charge in [-0.2, -0.15) is 0 Å². The number of fused-ring (bicyclic) bond motifs is 2. The van der Waals surface area contributed by atoms with Crippen LogP contribution < -0.4 is 30.7 Å². The first kappa shape index (κ1) is 37.3. The molecular formula is C32H45BIO6-. The fourth-order valence-electron chi connectivity index (χ4n) is 3.87. The Labute approximate surface area is 251 Å². The quantitative estimate of drug-likeness (QED) is 0.194. The van der Waals surface area contributed by atoms with E-state index in [1.54, 1.807) is 6.92 Å². The van der Waals surface area contributed by atoms with Crippen LogP contribution in [-0.4, -0.2) is 37.2 Å². The third-order valence-electron chi connectivity index (χ3n) is 5.60. The number of aldehydes is 1. The molecular weight excluding hydrogens is 618 g/mol. The molecule has 2 heterocycles. The molecule has 0 amide bonds. The molecule has 40 heavy (non-hydrogen) atoms. The van der Waals surface area contributed by atoms with Crippen LogP contribution in [0.1, 0.15) is 83.8 Å². The maximum atomic E-state index is 11.9. The van der Waals surface area contributed by atoms with Gasteiger partial charge in [0.15, 0.2) is 0 Å². The van der Waals surface area contributed by atoms with Crippen molar-refractivity contribution in [2.45, 2.75) is 80.8 Å². The molecule has 3 aromatic rings. The second kappa shape index (κ2) is 22.0. The molecule has 2 aromatic carbocycles. The van der Waals surface area contributed by atoms with Gasteiger partial charge < -0.3 is 0 Å². The first-order chi connectivity index (χ1) is 19.5. The number of alkyl halides is 1. The van der Waals surface area contributed by atoms with E-state index < -0.39 is 0 Å². The molecule has 1 atom stereocenters. The van der Waals surface area contributed by atoms with Crippen molar-refractivity contribution in [3.05, 3.63) is 62.6 Å². The van der Waals surface area contributed by atoms with Crippen LogP contribution in [0.3, 0.4) is 0 Å². The Bertz CT molecular complexity index is 1180. The number of aryl methyl sites for hydroxylation is 1. The summed E-state index contributed by atoms with van der Waals surface area (Å²) in [6, 6.07) is 14.0. The number of carbonyl (C=O) groups is 3. The van der Waals surface area contributed by atoms with Crippen LogP contribution in [0.25, 0.3) is 10.7 Å². The standard InChI is InChI=1S/C18H19BO4.C8H8IO2.3C2H6/c1-12-17(16(13(2)22)4-3-7-20)9-15-6-5-14(10-23-11-21)8-18(15)19-12;1-9-6-2-3-7-8(4-6)11-5-10-7;3*1-2/h5-9,11,16H,3-4,10H2,1-2H3;2-4H,5H2,1H3;3*1-2H3/q;-1;;;. The van der Waals surface area contributed by atoms with Crippen LogP contribution in [0.5, 0.6) is 11.5 Å². The van der Waals surface area contributed by atoms with Gasteiger partial charge in [0.05, 0.1) is 0 Å². The van der Waals surface area contributed by atoms with E-state index in [2.05, 4.69) is 17.1 Å². The number of hydrogen-bond donors (Lipinski definition) is 0. The minimum absolute atomic E-state index is 0.0744. The molecule has 8 heteroatoms. The van der Waals surface area contributed by atoms with Gasteiger partial charge in [0.2, 0.25) is 0 Å². The van der Waals surface area contributed by atoms with E-state index >= 15 is 0 Å². The summed E-state index contributed by atoms with van der Waals surface area (Å²) in [5.74, 6) is 1.61. The average molecular weight is 663 g/mol. The Morgan fingerprint density at radius 3 is 2.27 bits per heavy atom. The van der Waals surface area contributed by atoms with Crippen molar-refractivity contribution in [2.24, 2.45) is 0 Å². The molecule has 4 rings (SSSR count). The number of halogens is 1. The molecule has 0 bridgehead atoms. The van der Waals surface area contributed by atoms with E-state index in [1.807, 2.05) is 85.7 Å². The van der Waals surface area contributed by atoms with Crippen LogP contribution in [-0.2, 0) is 25.7 Å². The van der Waals surface area contributed by atoms with Crippen molar-refractivity contribution in [2.75, 3.05) is 11.7 Å². The summed E-state index contributed by atoms with van der Waals surface area (Å²) in [7, 11) is 0. The molecule has 1 aromatic heterocycles. The summed E-state index contributed by atoms with van der Waals surface area (Å²) < 4.78 is 16.6. The first-order valence-electron chi connectivity index (χ1n) is 13.9. The predicted molar refractivity (Wildman–Crippen MR) is 161 cm³/mol. The fraction of sp³-hybridized carbons (Fsp3) is 0.438. The van der Waals surface area contributed by atoms with Crippen molar-refractivity contribution in [1.82, 2.24) is 0 Å². The zero-order valence-electron chi connectivity index (χ0n) is 25.5. The van der Waals surface area contributed by atoms with E-state index in [4.69, 9.17) is 14.2 Å². The van der Waals surface area contributed by atoms with Crippen molar-refractivity contribution < 1.29 is 49.8 Å². The molecule has 0 aliphatic carbocycles. The van der Waals surface area contributed by atoms with E-state index in [1.165, 1.54) is 3.57 Å². The Hall–Kier alpha value is -2.75. The topological polar surface area (TPSA) is 78.9 Å². The minimum atomic E-state index is -0.248. The van der Waals surface area contributed by atoms with Gasteiger partial charge in [-0.15, -0.1) is 0 Å². The Kier molecular flexibility index (Phi) is 20.5. The Morgan fingerprint density at radius 2 is 1.68 bits per heavy atom. The second-order valence-electron chi connectivity index (χ2n) is 7.89. The molecule has 0 radical (unpaired) electrons. The van der Waals surface area contributed by atoms with Crippen LogP contribution >= 0.6 is 0 Å². The van der Waals surface area contributed by atoms with Crippen LogP contribution in [0.4, 0.5) is 0 Å². The van der Waals surface area contributed by atoms with Gasteiger partial charge >= 0.3 is 211 Å². The maximum absolute atomic E-state index is 11.9. The molecule has 6 nitrogen and oxygen atoms in total. The number of rotatable bonds is 9. The zero-order valence-corrected chi connectivity index (χ0v) is 27.7. The number of ketones is 1. The predicted octanol–water partition coefficient (Wildman–Crippen LogP) is 4.19. The second-order valence-corrected chi connectivity index (χ2v) is 10.2. The van der Waals surface area contributed by atoms with Crippen LogP contribution in [0.2, 0.25) is 0 Å². The summed E-state index contributed by atoms with van der Waals surface area (Å²) in [5.41, 5.74) is 2.92. The molecule has 220 valence electrons. The van der Waals surface area contributed by atoms with Crippen LogP contribution in [0, 0.1) is 10.5 Å². The van der Waals surface area contributed by atoms with Crippen molar-refractivity contribution in [3.63, 3.8) is 0 Å². The molecule has 0 N–H and O–H groups in total. The van der Waals surface area contributed by atoms with E-state index in [0.29, 0.717) is 26.1 Å². The average Bonchev–Trinajstić information content (AvgIpc) is 3.47. The van der Waals surface area contributed by atoms with Crippen molar-refractivity contribution in [3.8, 4) is 11.5 Å². The monoisotopic (exact) mass is 663 g/mol. The molecule has 0 spiro atoms. The molecule has 0 saturated heterocycles. The third kappa shape index (κ3) is 11.8. The van der Waals surface area contributed by atoms with Gasteiger partial charge in [-0.1, -0.05) is 41.5 Å². The molecule has 1 aliphatic rings. The Balaban J connectivity index is 0.000000743. The van der Waals surface area contributed by atoms with Crippen molar-refractivity contribution >= 4 is 36.1 Å². The zero-order chi connectivity index (χ0) is 30.5. The van der Waals surface area contributed by atoms with E-state index in [-0.39, 0.29) is 39.5 Å². The number of carbonyl (C=O) groups excluding carboxylic acids is 3. The summed E-state index contributed by atoms with van der Waals surface area (Å²) in [6.45, 7) is 18.6. The van der Waals surface area contributed by atoms with E-state index in [9.17, 15) is 14.4 Å². The van der Waals surface area contributed by atoms with Gasteiger partial charge in [0.25, 0.3) is 0 Å². The van der Waals surface area contributed by atoms with Crippen LogP contribution in [0.15, 0.2) is 42.5 Å². The summed E-state index contributed by atoms with van der Waals surface area (Å²) in [4.78, 5) is 35.1. The van der Waals surface area contributed by atoms with E-state index in [0.717, 1.165) is 45.0 Å². The van der Waals surface area contributed by atoms with Crippen molar-refractivity contribution in [1.29, 1.82) is 0 Å². The molecule has 1 aliphatic heterocycles. The number of benzene rings is 2. The van der Waals surface area contributed by atoms with Gasteiger partial charge in [0.1, 0.15) is 0 Å². The molecule has 0 fully saturated rings. The fourth-order valence-corrected chi connectivity index (χ4v) is 5.01. The first-order valence-corrected chi connectivity index (χ1v) is 17.1. The molecule has 1 unspecified atom stereocenters.